The van der Waals surface area contributed by atoms with Crippen LogP contribution in [0.4, 0.5) is 5.69 Å². The summed E-state index contributed by atoms with van der Waals surface area (Å²) >= 11 is 0. The highest BCUT2D eigenvalue weighted by Gasteiger charge is 2.38. The number of pyridine rings is 1. The zero-order valence-corrected chi connectivity index (χ0v) is 15.8. The van der Waals surface area contributed by atoms with Crippen molar-refractivity contribution >= 4 is 5.69 Å². The van der Waals surface area contributed by atoms with Gasteiger partial charge in [0.15, 0.2) is 0 Å². The van der Waals surface area contributed by atoms with Crippen LogP contribution in [0.3, 0.4) is 0 Å². The Kier molecular flexibility index (Phi) is 6.22. The lowest BCUT2D eigenvalue weighted by molar-refractivity contribution is 0.0870. The van der Waals surface area contributed by atoms with Crippen LogP contribution < -0.4 is 5.73 Å². The predicted octanol–water partition coefficient (Wildman–Crippen LogP) is 3.27. The highest BCUT2D eigenvalue weighted by Crippen LogP contribution is 2.34. The number of benzene rings is 2. The van der Waals surface area contributed by atoms with Crippen LogP contribution in [0.2, 0.25) is 0 Å². The summed E-state index contributed by atoms with van der Waals surface area (Å²) < 4.78 is 0. The van der Waals surface area contributed by atoms with Gasteiger partial charge in [0.25, 0.3) is 0 Å². The molecule has 0 spiro atoms. The Labute approximate surface area is 161 Å². The summed E-state index contributed by atoms with van der Waals surface area (Å²) in [5.41, 5.74) is 9.58. The molecule has 0 unspecified atom stereocenters. The summed E-state index contributed by atoms with van der Waals surface area (Å²) in [7, 11) is 2.06. The molecule has 4 heteroatoms. The maximum Gasteiger partial charge on any atom is 0.0713 e. The van der Waals surface area contributed by atoms with Crippen LogP contribution in [0.25, 0.3) is 0 Å². The molecule has 4 nitrogen and oxygen atoms in total. The SMILES string of the molecule is CN(CCO)C(Cc1ccccc1)(Cc1ccccc1)c1ccc(N)cn1. The molecular formula is C23H27N3O. The molecule has 0 aliphatic heterocycles. The molecule has 0 atom stereocenters. The Morgan fingerprint density at radius 3 is 1.89 bits per heavy atom. The van der Waals surface area contributed by atoms with Gasteiger partial charge >= 0.3 is 0 Å². The molecule has 0 aliphatic carbocycles. The number of aromatic nitrogens is 1. The van der Waals surface area contributed by atoms with Crippen LogP contribution in [0.15, 0.2) is 79.0 Å². The van der Waals surface area contributed by atoms with Crippen LogP contribution in [-0.2, 0) is 18.4 Å². The molecule has 0 fully saturated rings. The number of hydrogen-bond acceptors (Lipinski definition) is 4. The third kappa shape index (κ3) is 4.54. The average molecular weight is 361 g/mol. The third-order valence-electron chi connectivity index (χ3n) is 5.11. The average Bonchev–Trinajstić information content (AvgIpc) is 2.70. The Hall–Kier alpha value is -2.69. The number of nitrogen functional groups attached to an aromatic ring is 1. The van der Waals surface area contributed by atoms with E-state index in [0.717, 1.165) is 18.5 Å². The van der Waals surface area contributed by atoms with Crippen molar-refractivity contribution in [2.75, 3.05) is 25.9 Å². The highest BCUT2D eigenvalue weighted by atomic mass is 16.3. The molecule has 140 valence electrons. The van der Waals surface area contributed by atoms with Gasteiger partial charge in [-0.1, -0.05) is 60.7 Å². The summed E-state index contributed by atoms with van der Waals surface area (Å²) in [6.07, 6.45) is 3.29. The fourth-order valence-electron chi connectivity index (χ4n) is 3.62. The first kappa shape index (κ1) is 19.1. The second-order valence-electron chi connectivity index (χ2n) is 6.98. The van der Waals surface area contributed by atoms with Gasteiger partial charge in [-0.3, -0.25) is 9.88 Å². The Balaban J connectivity index is 2.11. The van der Waals surface area contributed by atoms with Gasteiger partial charge in [0.2, 0.25) is 0 Å². The van der Waals surface area contributed by atoms with E-state index in [2.05, 4.69) is 60.5 Å². The molecule has 3 rings (SSSR count). The number of aliphatic hydroxyl groups is 1. The van der Waals surface area contributed by atoms with Crippen molar-refractivity contribution in [3.05, 3.63) is 95.8 Å². The van der Waals surface area contributed by atoms with E-state index in [0.29, 0.717) is 12.2 Å². The minimum atomic E-state index is -0.390. The van der Waals surface area contributed by atoms with Crippen molar-refractivity contribution in [3.8, 4) is 0 Å². The van der Waals surface area contributed by atoms with E-state index >= 15 is 0 Å². The minimum absolute atomic E-state index is 0.0940. The van der Waals surface area contributed by atoms with E-state index in [1.807, 2.05) is 24.3 Å². The number of rotatable bonds is 8. The number of anilines is 1. The largest absolute Gasteiger partial charge is 0.397 e. The van der Waals surface area contributed by atoms with E-state index in [9.17, 15) is 5.11 Å². The molecular weight excluding hydrogens is 334 g/mol. The van der Waals surface area contributed by atoms with Crippen molar-refractivity contribution in [1.29, 1.82) is 0 Å². The van der Waals surface area contributed by atoms with Crippen LogP contribution in [0.5, 0.6) is 0 Å². The lowest BCUT2D eigenvalue weighted by Gasteiger charge is -2.42. The van der Waals surface area contributed by atoms with Crippen molar-refractivity contribution in [2.45, 2.75) is 18.4 Å². The monoisotopic (exact) mass is 361 g/mol. The summed E-state index contributed by atoms with van der Waals surface area (Å²) in [6, 6.07) is 24.8. The predicted molar refractivity (Wildman–Crippen MR) is 110 cm³/mol. The molecule has 3 aromatic rings. The van der Waals surface area contributed by atoms with Crippen LogP contribution in [0, 0.1) is 0 Å². The standard InChI is InChI=1S/C23H27N3O/c1-26(14-15-27)23(16-19-8-4-2-5-9-19,17-20-10-6-3-7-11-20)22-13-12-21(24)18-25-22/h2-13,18,27H,14-17,24H2,1H3. The van der Waals surface area contributed by atoms with Gasteiger partial charge in [0.1, 0.15) is 0 Å². The first-order chi connectivity index (χ1) is 13.1. The van der Waals surface area contributed by atoms with E-state index in [4.69, 9.17) is 10.7 Å². The minimum Gasteiger partial charge on any atom is -0.397 e. The van der Waals surface area contributed by atoms with Gasteiger partial charge in [-0.15, -0.1) is 0 Å². The molecule has 0 bridgehead atoms. The maximum atomic E-state index is 9.64. The first-order valence-electron chi connectivity index (χ1n) is 9.26. The van der Waals surface area contributed by atoms with E-state index in [1.165, 1.54) is 11.1 Å². The number of hydrogen-bond donors (Lipinski definition) is 2. The number of likely N-dealkylation sites (N-methyl/N-ethyl adjacent to an activating group) is 1. The van der Waals surface area contributed by atoms with E-state index < -0.39 is 0 Å². The van der Waals surface area contributed by atoms with Gasteiger partial charge in [0, 0.05) is 6.54 Å². The number of nitrogens with two attached hydrogens (primary N) is 1. The summed E-state index contributed by atoms with van der Waals surface area (Å²) in [5.74, 6) is 0. The summed E-state index contributed by atoms with van der Waals surface area (Å²) in [6.45, 7) is 0.655. The van der Waals surface area contributed by atoms with Gasteiger partial charge in [-0.25, -0.2) is 0 Å². The smallest absolute Gasteiger partial charge is 0.0713 e. The van der Waals surface area contributed by atoms with Crippen LogP contribution >= 0.6 is 0 Å². The Morgan fingerprint density at radius 1 is 0.889 bits per heavy atom. The van der Waals surface area contributed by atoms with Crippen LogP contribution in [-0.4, -0.2) is 35.2 Å². The quantitative estimate of drug-likeness (QED) is 0.646. The molecule has 2 aromatic carbocycles. The van der Waals surface area contributed by atoms with Crippen molar-refractivity contribution < 1.29 is 5.11 Å². The fourth-order valence-corrected chi connectivity index (χ4v) is 3.62. The van der Waals surface area contributed by atoms with Gasteiger partial charge in [0.05, 0.1) is 29.7 Å². The van der Waals surface area contributed by atoms with Gasteiger partial charge < -0.3 is 10.8 Å². The molecule has 0 amide bonds. The molecule has 0 aliphatic rings. The fraction of sp³-hybridized carbons (Fsp3) is 0.261. The Morgan fingerprint density at radius 2 is 1.44 bits per heavy atom. The highest BCUT2D eigenvalue weighted by molar-refractivity contribution is 5.38. The second-order valence-corrected chi connectivity index (χ2v) is 6.98. The topological polar surface area (TPSA) is 62.4 Å². The number of aliphatic hydroxyl groups excluding tert-OH is 1. The summed E-state index contributed by atoms with van der Waals surface area (Å²) in [4.78, 5) is 6.91. The van der Waals surface area contributed by atoms with Gasteiger partial charge in [-0.05, 0) is 43.1 Å². The Bertz CT molecular complexity index is 778. The number of nitrogens with zero attached hydrogens (tertiary/aromatic N) is 2. The van der Waals surface area contributed by atoms with Crippen molar-refractivity contribution in [1.82, 2.24) is 9.88 Å². The molecule has 3 N–H and O–H groups in total. The maximum absolute atomic E-state index is 9.64. The van der Waals surface area contributed by atoms with Crippen molar-refractivity contribution in [2.24, 2.45) is 0 Å². The van der Waals surface area contributed by atoms with E-state index in [1.54, 1.807) is 6.20 Å². The molecule has 1 heterocycles. The second kappa shape index (κ2) is 8.80. The summed E-state index contributed by atoms with van der Waals surface area (Å²) in [5, 5.41) is 9.64. The van der Waals surface area contributed by atoms with Gasteiger partial charge in [-0.2, -0.15) is 0 Å². The van der Waals surface area contributed by atoms with Crippen molar-refractivity contribution in [3.63, 3.8) is 0 Å². The van der Waals surface area contributed by atoms with Crippen LogP contribution in [0.1, 0.15) is 16.8 Å². The normalized spacial score (nSPS) is 11.7. The lowest BCUT2D eigenvalue weighted by Crippen LogP contribution is -2.49. The van der Waals surface area contributed by atoms with E-state index in [-0.39, 0.29) is 12.1 Å². The lowest BCUT2D eigenvalue weighted by atomic mass is 9.80. The third-order valence-corrected chi connectivity index (χ3v) is 5.11. The molecule has 0 saturated carbocycles. The first-order valence-corrected chi connectivity index (χ1v) is 9.26. The molecule has 27 heavy (non-hydrogen) atoms. The zero-order valence-electron chi connectivity index (χ0n) is 15.8. The molecule has 0 saturated heterocycles. The molecule has 1 aromatic heterocycles. The molecule has 0 radical (unpaired) electrons. The zero-order chi connectivity index (χ0) is 19.1.